The van der Waals surface area contributed by atoms with Crippen molar-refractivity contribution in [1.82, 2.24) is 4.90 Å². The van der Waals surface area contributed by atoms with Gasteiger partial charge in [0.15, 0.2) is 11.4 Å². The highest BCUT2D eigenvalue weighted by atomic mass is 35.5. The van der Waals surface area contributed by atoms with Crippen LogP contribution in [0.1, 0.15) is 53.6 Å². The summed E-state index contributed by atoms with van der Waals surface area (Å²) in [4.78, 5) is 40.8. The molecule has 0 fully saturated rings. The molecule has 0 aromatic heterocycles. The smallest absolute Gasteiger partial charge is 0.255 e. The van der Waals surface area contributed by atoms with Crippen LogP contribution in [0.15, 0.2) is 51.5 Å². The molecular weight excluding hydrogens is 524 g/mol. The minimum Gasteiger partial charge on any atom is -0.510 e. The molecule has 9 nitrogen and oxygen atoms in total. The summed E-state index contributed by atoms with van der Waals surface area (Å²) in [5.74, 6) is -6.73. The first-order valence-electron chi connectivity index (χ1n) is 13.0. The molecule has 6 N–H and O–H groups in total. The van der Waals surface area contributed by atoms with Crippen LogP contribution in [-0.2, 0) is 16.0 Å². The SMILES string of the molecule is CN(C)[C@@H]1C(O)=C(C(N)=O)C(=O)[C@@]2(O)C(O)=C3C(=O)c4c(O)ccc(/C=C(\Cl)C5=CCCCC5)c4C[C@H]3C[C@@H]12. The number of aliphatic hydroxyl groups excluding tert-OH is 2. The van der Waals surface area contributed by atoms with Gasteiger partial charge in [0.1, 0.15) is 22.8 Å². The number of fused-ring (bicyclic) bond motifs is 3. The average molecular weight is 555 g/mol. The minimum absolute atomic E-state index is 0.0312. The third-order valence-electron chi connectivity index (χ3n) is 8.52. The van der Waals surface area contributed by atoms with E-state index >= 15 is 0 Å². The molecule has 0 saturated heterocycles. The van der Waals surface area contributed by atoms with E-state index in [1.165, 1.54) is 11.0 Å². The van der Waals surface area contributed by atoms with E-state index in [0.29, 0.717) is 16.2 Å². The molecule has 206 valence electrons. The third-order valence-corrected chi connectivity index (χ3v) is 8.87. The number of hydrogen-bond donors (Lipinski definition) is 5. The number of aliphatic hydroxyl groups is 3. The third kappa shape index (κ3) is 4.02. The van der Waals surface area contributed by atoms with E-state index in [1.54, 1.807) is 26.2 Å². The number of primary amides is 1. The molecule has 5 rings (SSSR count). The largest absolute Gasteiger partial charge is 0.510 e. The van der Waals surface area contributed by atoms with Crippen molar-refractivity contribution in [3.8, 4) is 5.75 Å². The predicted molar refractivity (Wildman–Crippen MR) is 144 cm³/mol. The lowest BCUT2D eigenvalue weighted by atomic mass is 9.58. The van der Waals surface area contributed by atoms with Gasteiger partial charge in [-0.1, -0.05) is 23.7 Å². The molecule has 0 heterocycles. The summed E-state index contributed by atoms with van der Waals surface area (Å²) < 4.78 is 0. The number of phenolic OH excluding ortho intramolecular Hbond substituents is 1. The average Bonchev–Trinajstić information content (AvgIpc) is 2.88. The lowest BCUT2D eigenvalue weighted by Gasteiger charge is -2.50. The van der Waals surface area contributed by atoms with Crippen LogP contribution >= 0.6 is 11.6 Å². The van der Waals surface area contributed by atoms with Crippen molar-refractivity contribution in [2.24, 2.45) is 17.6 Å². The van der Waals surface area contributed by atoms with Gasteiger partial charge in [-0.2, -0.15) is 0 Å². The van der Waals surface area contributed by atoms with Crippen molar-refractivity contribution in [2.45, 2.75) is 50.2 Å². The first kappa shape index (κ1) is 27.2. The molecule has 1 aromatic carbocycles. The number of nitrogens with zero attached hydrogens (tertiary/aromatic N) is 1. The van der Waals surface area contributed by atoms with Gasteiger partial charge in [0.2, 0.25) is 5.78 Å². The number of likely N-dealkylation sites (N-methyl/N-ethyl adjacent to an activating group) is 1. The van der Waals surface area contributed by atoms with Gasteiger partial charge in [-0.05, 0) is 87.4 Å². The number of carbonyl (C=O) groups is 3. The highest BCUT2D eigenvalue weighted by Crippen LogP contribution is 2.52. The molecule has 0 unspecified atom stereocenters. The van der Waals surface area contributed by atoms with E-state index < -0.39 is 58.0 Å². The number of benzene rings is 1. The molecule has 0 spiro atoms. The molecule has 0 radical (unpaired) electrons. The van der Waals surface area contributed by atoms with Crippen molar-refractivity contribution in [1.29, 1.82) is 0 Å². The second-order valence-corrected chi connectivity index (χ2v) is 11.4. The summed E-state index contributed by atoms with van der Waals surface area (Å²) in [5.41, 5.74) is 3.87. The van der Waals surface area contributed by atoms with E-state index in [2.05, 4.69) is 6.08 Å². The van der Waals surface area contributed by atoms with Crippen molar-refractivity contribution in [2.75, 3.05) is 14.1 Å². The Morgan fingerprint density at radius 3 is 2.51 bits per heavy atom. The van der Waals surface area contributed by atoms with Gasteiger partial charge in [0.05, 0.1) is 11.6 Å². The number of aromatic hydroxyl groups is 1. The monoisotopic (exact) mass is 554 g/mol. The Hall–Kier alpha value is -3.40. The maximum absolute atomic E-state index is 13.8. The van der Waals surface area contributed by atoms with Crippen LogP contribution < -0.4 is 5.73 Å². The van der Waals surface area contributed by atoms with Crippen molar-refractivity contribution < 1.29 is 34.8 Å². The molecule has 4 aliphatic carbocycles. The number of rotatable bonds is 4. The molecule has 1 aromatic rings. The van der Waals surface area contributed by atoms with Gasteiger partial charge in [-0.25, -0.2) is 0 Å². The highest BCUT2D eigenvalue weighted by Gasteiger charge is 2.63. The molecule has 0 aliphatic heterocycles. The molecule has 0 bridgehead atoms. The van der Waals surface area contributed by atoms with Crippen LogP contribution in [0.2, 0.25) is 0 Å². The summed E-state index contributed by atoms with van der Waals surface area (Å²) in [6.07, 6.45) is 8.04. The van der Waals surface area contributed by atoms with Gasteiger partial charge in [-0.15, -0.1) is 0 Å². The minimum atomic E-state index is -2.66. The van der Waals surface area contributed by atoms with Gasteiger partial charge in [0.25, 0.3) is 5.91 Å². The Balaban J connectivity index is 1.66. The topological polar surface area (TPSA) is 161 Å². The number of nitrogens with two attached hydrogens (primary N) is 1. The summed E-state index contributed by atoms with van der Waals surface area (Å²) in [5, 5.41) is 45.2. The van der Waals surface area contributed by atoms with Gasteiger partial charge < -0.3 is 26.2 Å². The van der Waals surface area contributed by atoms with Crippen LogP contribution in [0, 0.1) is 11.8 Å². The molecule has 4 aliphatic rings. The number of ketones is 2. The first-order valence-corrected chi connectivity index (χ1v) is 13.3. The molecule has 39 heavy (non-hydrogen) atoms. The maximum Gasteiger partial charge on any atom is 0.255 e. The molecule has 1 amide bonds. The Morgan fingerprint density at radius 2 is 1.90 bits per heavy atom. The quantitative estimate of drug-likeness (QED) is 0.354. The number of carbonyl (C=O) groups excluding carboxylic acids is 3. The van der Waals surface area contributed by atoms with Crippen molar-refractivity contribution in [3.63, 3.8) is 0 Å². The lowest BCUT2D eigenvalue weighted by molar-refractivity contribution is -0.148. The molecular formula is C29H31ClN2O7. The lowest BCUT2D eigenvalue weighted by Crippen LogP contribution is -2.63. The zero-order valence-corrected chi connectivity index (χ0v) is 22.5. The molecule has 10 heteroatoms. The van der Waals surface area contributed by atoms with E-state index in [-0.39, 0.29) is 29.7 Å². The van der Waals surface area contributed by atoms with Gasteiger partial charge in [0, 0.05) is 16.5 Å². The Kier molecular flexibility index (Phi) is 6.73. The zero-order chi connectivity index (χ0) is 28.4. The second kappa shape index (κ2) is 9.66. The van der Waals surface area contributed by atoms with Crippen LogP contribution in [0.4, 0.5) is 0 Å². The van der Waals surface area contributed by atoms with Crippen LogP contribution in [0.25, 0.3) is 6.08 Å². The number of hydrogen-bond acceptors (Lipinski definition) is 8. The van der Waals surface area contributed by atoms with Crippen LogP contribution in [-0.4, -0.2) is 68.5 Å². The van der Waals surface area contributed by atoms with Crippen LogP contribution in [0.3, 0.4) is 0 Å². The molecule has 4 atom stereocenters. The number of Topliss-reactive ketones (excluding diaryl/α,β-unsaturated/α-hetero) is 2. The number of allylic oxidation sites excluding steroid dienone is 4. The van der Waals surface area contributed by atoms with Crippen molar-refractivity contribution in [3.05, 3.63) is 68.2 Å². The fraction of sp³-hybridized carbons (Fsp3) is 0.414. The number of halogens is 1. The summed E-state index contributed by atoms with van der Waals surface area (Å²) in [7, 11) is 3.19. The Bertz CT molecular complexity index is 1440. The number of amides is 1. The summed E-state index contributed by atoms with van der Waals surface area (Å²) in [6, 6.07) is 2.02. The fourth-order valence-corrected chi connectivity index (χ4v) is 6.98. The van der Waals surface area contributed by atoms with Gasteiger partial charge in [-0.3, -0.25) is 19.3 Å². The normalized spacial score (nSPS) is 29.2. The van der Waals surface area contributed by atoms with Crippen molar-refractivity contribution >= 4 is 35.2 Å². The predicted octanol–water partition coefficient (Wildman–Crippen LogP) is 3.20. The first-order chi connectivity index (χ1) is 18.4. The van der Waals surface area contributed by atoms with E-state index in [1.807, 2.05) is 0 Å². The number of phenols is 1. The fourth-order valence-electron chi connectivity index (χ4n) is 6.69. The summed E-state index contributed by atoms with van der Waals surface area (Å²) >= 11 is 6.66. The van der Waals surface area contributed by atoms with E-state index in [0.717, 1.165) is 31.3 Å². The molecule has 0 saturated carbocycles. The highest BCUT2D eigenvalue weighted by molar-refractivity contribution is 6.34. The van der Waals surface area contributed by atoms with E-state index in [4.69, 9.17) is 17.3 Å². The maximum atomic E-state index is 13.8. The Morgan fingerprint density at radius 1 is 1.18 bits per heavy atom. The summed E-state index contributed by atoms with van der Waals surface area (Å²) in [6.45, 7) is 0. The van der Waals surface area contributed by atoms with Gasteiger partial charge >= 0.3 is 0 Å². The van der Waals surface area contributed by atoms with Crippen LogP contribution in [0.5, 0.6) is 5.75 Å². The second-order valence-electron chi connectivity index (χ2n) is 11.0. The standard InChI is InChI=1S/C29H31ClN2O7/c1-32(2)23-17-11-15-10-16-14(12-18(30)13-6-4-3-5-7-13)8-9-19(33)21(16)24(34)20(15)26(36)29(17,39)27(37)22(25(23)35)28(31)38/h6,8-9,12,15,17,23,33,35-36,39H,3-5,7,10-11H2,1-2H3,(H2,31,38)/b18-12-/t15-,17-,23-,29-/m0/s1. The zero-order valence-electron chi connectivity index (χ0n) is 21.7. The van der Waals surface area contributed by atoms with E-state index in [9.17, 15) is 34.8 Å². The Labute approximate surface area is 230 Å².